The van der Waals surface area contributed by atoms with Crippen molar-refractivity contribution in [1.29, 1.82) is 0 Å². The monoisotopic (exact) mass is 246 g/mol. The molecular weight excluding hydrogens is 232 g/mol. The third-order valence-electron chi connectivity index (χ3n) is 2.74. The molecule has 0 aliphatic heterocycles. The fourth-order valence-corrected chi connectivity index (χ4v) is 2.64. The Kier molecular flexibility index (Phi) is 3.21. The van der Waals surface area contributed by atoms with Crippen molar-refractivity contribution in [2.24, 2.45) is 7.05 Å². The van der Waals surface area contributed by atoms with Gasteiger partial charge in [-0.15, -0.1) is 11.3 Å². The SMILES string of the molecule is CC#CC(=O)N(C)Cc1cc2sccc2n1C. The van der Waals surface area contributed by atoms with E-state index in [1.807, 2.05) is 7.05 Å². The quantitative estimate of drug-likeness (QED) is 0.746. The number of aryl methyl sites for hydroxylation is 1. The summed E-state index contributed by atoms with van der Waals surface area (Å²) in [6.45, 7) is 2.26. The molecule has 0 atom stereocenters. The molecule has 88 valence electrons. The van der Waals surface area contributed by atoms with Gasteiger partial charge in [-0.1, -0.05) is 5.92 Å². The predicted octanol–water partition coefficient (Wildman–Crippen LogP) is 2.22. The lowest BCUT2D eigenvalue weighted by molar-refractivity contribution is -0.124. The second kappa shape index (κ2) is 4.64. The first kappa shape index (κ1) is 11.7. The van der Waals surface area contributed by atoms with E-state index in [1.165, 1.54) is 10.2 Å². The van der Waals surface area contributed by atoms with Crippen molar-refractivity contribution in [2.45, 2.75) is 13.5 Å². The lowest BCUT2D eigenvalue weighted by atomic mass is 10.4. The van der Waals surface area contributed by atoms with E-state index >= 15 is 0 Å². The Morgan fingerprint density at radius 2 is 2.35 bits per heavy atom. The molecule has 2 rings (SSSR count). The van der Waals surface area contributed by atoms with Gasteiger partial charge in [-0.25, -0.2) is 0 Å². The van der Waals surface area contributed by atoms with Crippen molar-refractivity contribution in [3.8, 4) is 11.8 Å². The molecule has 17 heavy (non-hydrogen) atoms. The molecule has 3 nitrogen and oxygen atoms in total. The molecule has 0 saturated heterocycles. The molecule has 0 saturated carbocycles. The zero-order valence-corrected chi connectivity index (χ0v) is 11.0. The summed E-state index contributed by atoms with van der Waals surface area (Å²) in [6, 6.07) is 4.22. The third kappa shape index (κ3) is 2.20. The second-order valence-corrected chi connectivity index (χ2v) is 4.85. The summed E-state index contributed by atoms with van der Waals surface area (Å²) < 4.78 is 3.37. The summed E-state index contributed by atoms with van der Waals surface area (Å²) >= 11 is 1.72. The molecule has 0 aromatic carbocycles. The Morgan fingerprint density at radius 1 is 1.59 bits per heavy atom. The predicted molar refractivity (Wildman–Crippen MR) is 70.7 cm³/mol. The molecule has 0 radical (unpaired) electrons. The van der Waals surface area contributed by atoms with Gasteiger partial charge in [-0.2, -0.15) is 0 Å². The summed E-state index contributed by atoms with van der Waals surface area (Å²) in [5.41, 5.74) is 2.34. The average Bonchev–Trinajstić information content (AvgIpc) is 2.84. The maximum Gasteiger partial charge on any atom is 0.298 e. The van der Waals surface area contributed by atoms with Crippen molar-refractivity contribution >= 4 is 27.5 Å². The maximum atomic E-state index is 11.6. The van der Waals surface area contributed by atoms with E-state index in [2.05, 4.69) is 33.9 Å². The molecule has 0 fully saturated rings. The molecule has 1 amide bonds. The number of fused-ring (bicyclic) bond motifs is 1. The molecule has 2 aromatic heterocycles. The first-order valence-electron chi connectivity index (χ1n) is 5.33. The highest BCUT2D eigenvalue weighted by Gasteiger charge is 2.11. The Morgan fingerprint density at radius 3 is 3.00 bits per heavy atom. The smallest absolute Gasteiger partial charge is 0.298 e. The summed E-state index contributed by atoms with van der Waals surface area (Å²) in [5.74, 6) is 5.03. The Labute approximate surface area is 105 Å². The fourth-order valence-electron chi connectivity index (χ4n) is 1.77. The minimum Gasteiger partial charge on any atom is -0.345 e. The van der Waals surface area contributed by atoms with Crippen LogP contribution < -0.4 is 0 Å². The van der Waals surface area contributed by atoms with Gasteiger partial charge < -0.3 is 9.47 Å². The Bertz CT molecular complexity index is 612. The zero-order valence-electron chi connectivity index (χ0n) is 10.2. The highest BCUT2D eigenvalue weighted by Crippen LogP contribution is 2.24. The van der Waals surface area contributed by atoms with Gasteiger partial charge in [-0.05, 0) is 30.4 Å². The first-order chi connectivity index (χ1) is 8.13. The zero-order chi connectivity index (χ0) is 12.4. The van der Waals surface area contributed by atoms with Crippen LogP contribution in [-0.2, 0) is 18.4 Å². The van der Waals surface area contributed by atoms with Crippen LogP contribution >= 0.6 is 11.3 Å². The molecule has 2 heterocycles. The molecule has 0 aliphatic rings. The van der Waals surface area contributed by atoms with Crippen LogP contribution in [0.3, 0.4) is 0 Å². The first-order valence-corrected chi connectivity index (χ1v) is 6.21. The number of hydrogen-bond acceptors (Lipinski definition) is 2. The van der Waals surface area contributed by atoms with Crippen molar-refractivity contribution in [3.63, 3.8) is 0 Å². The van der Waals surface area contributed by atoms with Crippen LogP contribution in [0.1, 0.15) is 12.6 Å². The van der Waals surface area contributed by atoms with Crippen LogP contribution in [0.25, 0.3) is 10.2 Å². The summed E-state index contributed by atoms with van der Waals surface area (Å²) in [7, 11) is 3.79. The van der Waals surface area contributed by atoms with Gasteiger partial charge in [0.25, 0.3) is 5.91 Å². The number of aromatic nitrogens is 1. The summed E-state index contributed by atoms with van der Waals surface area (Å²) in [6.07, 6.45) is 0. The topological polar surface area (TPSA) is 25.2 Å². The van der Waals surface area contributed by atoms with E-state index in [9.17, 15) is 4.79 Å². The van der Waals surface area contributed by atoms with Crippen molar-refractivity contribution in [2.75, 3.05) is 7.05 Å². The number of rotatable bonds is 2. The van der Waals surface area contributed by atoms with Crippen LogP contribution in [0.4, 0.5) is 0 Å². The van der Waals surface area contributed by atoms with Crippen LogP contribution in [0.5, 0.6) is 0 Å². The van der Waals surface area contributed by atoms with Gasteiger partial charge in [0.1, 0.15) is 0 Å². The van der Waals surface area contributed by atoms with Crippen molar-refractivity contribution < 1.29 is 4.79 Å². The van der Waals surface area contributed by atoms with Gasteiger partial charge in [0.2, 0.25) is 0 Å². The highest BCUT2D eigenvalue weighted by atomic mass is 32.1. The number of nitrogens with zero attached hydrogens (tertiary/aromatic N) is 2. The Balaban J connectivity index is 2.22. The van der Waals surface area contributed by atoms with Gasteiger partial charge in [-0.3, -0.25) is 4.79 Å². The van der Waals surface area contributed by atoms with Gasteiger partial charge >= 0.3 is 0 Å². The van der Waals surface area contributed by atoms with Crippen LogP contribution in [0.15, 0.2) is 17.5 Å². The van der Waals surface area contributed by atoms with Gasteiger partial charge in [0, 0.05) is 19.8 Å². The standard InChI is InChI=1S/C13H14N2OS/c1-4-5-13(16)14(2)9-10-8-12-11(15(10)3)6-7-17-12/h6-8H,9H2,1-3H3. The van der Waals surface area contributed by atoms with Crippen LogP contribution in [0, 0.1) is 11.8 Å². The largest absolute Gasteiger partial charge is 0.345 e. The fraction of sp³-hybridized carbons (Fsp3) is 0.308. The van der Waals surface area contributed by atoms with Crippen LogP contribution in [-0.4, -0.2) is 22.4 Å². The van der Waals surface area contributed by atoms with Gasteiger partial charge in [0.05, 0.1) is 16.8 Å². The molecule has 0 aliphatic carbocycles. The molecule has 0 unspecified atom stereocenters. The van der Waals surface area contributed by atoms with Crippen molar-refractivity contribution in [1.82, 2.24) is 9.47 Å². The van der Waals surface area contributed by atoms with E-state index in [4.69, 9.17) is 0 Å². The van der Waals surface area contributed by atoms with E-state index in [0.717, 1.165) is 5.69 Å². The minimum absolute atomic E-state index is 0.142. The lowest BCUT2D eigenvalue weighted by Crippen LogP contribution is -2.25. The number of hydrogen-bond donors (Lipinski definition) is 0. The summed E-state index contributed by atoms with van der Waals surface area (Å²) in [4.78, 5) is 13.2. The third-order valence-corrected chi connectivity index (χ3v) is 3.59. The minimum atomic E-state index is -0.142. The molecular formula is C13H14N2OS. The maximum absolute atomic E-state index is 11.6. The Hall–Kier alpha value is -1.73. The van der Waals surface area contributed by atoms with E-state index in [-0.39, 0.29) is 5.91 Å². The van der Waals surface area contributed by atoms with Gasteiger partial charge in [0.15, 0.2) is 0 Å². The highest BCUT2D eigenvalue weighted by molar-refractivity contribution is 7.17. The number of carbonyl (C=O) groups is 1. The van der Waals surface area contributed by atoms with E-state index in [1.54, 1.807) is 30.2 Å². The second-order valence-electron chi connectivity index (χ2n) is 3.90. The number of thiophene rings is 1. The van der Waals surface area contributed by atoms with E-state index in [0.29, 0.717) is 6.54 Å². The lowest BCUT2D eigenvalue weighted by Gasteiger charge is -2.14. The summed E-state index contributed by atoms with van der Waals surface area (Å²) in [5, 5.41) is 2.08. The number of carbonyl (C=O) groups excluding carboxylic acids is 1. The van der Waals surface area contributed by atoms with E-state index < -0.39 is 0 Å². The molecule has 2 aromatic rings. The normalized spacial score (nSPS) is 10.1. The van der Waals surface area contributed by atoms with Crippen molar-refractivity contribution in [3.05, 3.63) is 23.2 Å². The van der Waals surface area contributed by atoms with Crippen LogP contribution in [0.2, 0.25) is 0 Å². The molecule has 0 bridgehead atoms. The molecule has 4 heteroatoms. The molecule has 0 N–H and O–H groups in total. The molecule has 0 spiro atoms. The average molecular weight is 246 g/mol. The number of amides is 1.